The number of rotatable bonds is 8. The fourth-order valence-corrected chi connectivity index (χ4v) is 5.63. The number of aliphatic hydroxyl groups is 1. The molecule has 1 aliphatic heterocycles. The number of thiazole rings is 2. The first kappa shape index (κ1) is 25.2. The molecular formula is C26H23N3O5S2. The second-order valence-corrected chi connectivity index (χ2v) is 10.1. The molecular weight excluding hydrogens is 498 g/mol. The van der Waals surface area contributed by atoms with Gasteiger partial charge in [-0.1, -0.05) is 66.5 Å². The molecule has 3 heterocycles. The van der Waals surface area contributed by atoms with Crippen LogP contribution in [0.2, 0.25) is 0 Å². The van der Waals surface area contributed by atoms with E-state index in [0.29, 0.717) is 21.3 Å². The van der Waals surface area contributed by atoms with Crippen molar-refractivity contribution in [3.63, 3.8) is 0 Å². The lowest BCUT2D eigenvalue weighted by Crippen LogP contribution is -2.35. The number of aliphatic hydroxyl groups excluding tert-OH is 1. The first-order valence-electron chi connectivity index (χ1n) is 11.0. The summed E-state index contributed by atoms with van der Waals surface area (Å²) in [5.74, 6) is -2.51. The second-order valence-electron chi connectivity index (χ2n) is 7.93. The lowest BCUT2D eigenvalue weighted by atomic mass is 10.0. The van der Waals surface area contributed by atoms with E-state index in [9.17, 15) is 19.5 Å². The average molecular weight is 522 g/mol. The van der Waals surface area contributed by atoms with Gasteiger partial charge in [0.1, 0.15) is 11.5 Å². The van der Waals surface area contributed by atoms with Gasteiger partial charge in [0.15, 0.2) is 10.9 Å². The minimum atomic E-state index is -0.949. The number of hydrogen-bond donors (Lipinski definition) is 1. The Labute approximate surface area is 215 Å². The number of benzene rings is 1. The number of ketones is 1. The standard InChI is InChI=1S/C26H23N3O5S2/c1-5-13-34-25(33)23-15(3)28-26(36-23)29-18(12-11-17-9-7-6-8-10-17)19(21(31)24(29)32)20(30)22-14(2)27-16(4)35-22/h5-12,18,31H,1,13H2,2-4H3. The normalized spacial score (nSPS) is 15.7. The number of aromatic nitrogens is 2. The first-order chi connectivity index (χ1) is 17.2. The maximum Gasteiger partial charge on any atom is 0.350 e. The zero-order valence-corrected chi connectivity index (χ0v) is 21.5. The summed E-state index contributed by atoms with van der Waals surface area (Å²) in [4.78, 5) is 49.8. The van der Waals surface area contributed by atoms with E-state index < -0.39 is 29.5 Å². The highest BCUT2D eigenvalue weighted by Gasteiger charge is 2.45. The lowest BCUT2D eigenvalue weighted by molar-refractivity contribution is -0.116. The van der Waals surface area contributed by atoms with Gasteiger partial charge in [-0.25, -0.2) is 14.8 Å². The molecule has 3 aromatic rings. The molecule has 0 aliphatic carbocycles. The monoisotopic (exact) mass is 521 g/mol. The van der Waals surface area contributed by atoms with Crippen LogP contribution in [0.1, 0.15) is 41.3 Å². The number of esters is 1. The molecule has 0 spiro atoms. The van der Waals surface area contributed by atoms with Crippen molar-refractivity contribution in [3.05, 3.63) is 92.1 Å². The smallest absolute Gasteiger partial charge is 0.350 e. The van der Waals surface area contributed by atoms with Crippen LogP contribution >= 0.6 is 22.7 Å². The van der Waals surface area contributed by atoms with Gasteiger partial charge in [-0.3, -0.25) is 14.5 Å². The van der Waals surface area contributed by atoms with Crippen LogP contribution in [0.25, 0.3) is 6.08 Å². The van der Waals surface area contributed by atoms with Gasteiger partial charge in [0.2, 0.25) is 5.78 Å². The molecule has 1 aromatic carbocycles. The third-order valence-electron chi connectivity index (χ3n) is 5.38. The summed E-state index contributed by atoms with van der Waals surface area (Å²) in [6, 6.07) is 8.41. The summed E-state index contributed by atoms with van der Waals surface area (Å²) in [5, 5.41) is 11.7. The average Bonchev–Trinajstić information content (AvgIpc) is 3.49. The largest absolute Gasteiger partial charge is 0.503 e. The van der Waals surface area contributed by atoms with Crippen LogP contribution in [0.4, 0.5) is 5.13 Å². The molecule has 184 valence electrons. The Kier molecular flexibility index (Phi) is 7.27. The number of amides is 1. The molecule has 36 heavy (non-hydrogen) atoms. The molecule has 1 N–H and O–H groups in total. The van der Waals surface area contributed by atoms with Gasteiger partial charge in [-0.2, -0.15) is 0 Å². The molecule has 4 rings (SSSR count). The van der Waals surface area contributed by atoms with Crippen molar-refractivity contribution < 1.29 is 24.2 Å². The van der Waals surface area contributed by atoms with E-state index in [2.05, 4.69) is 16.5 Å². The third-order valence-corrected chi connectivity index (χ3v) is 7.59. The van der Waals surface area contributed by atoms with Crippen LogP contribution in [-0.4, -0.2) is 45.4 Å². The highest BCUT2D eigenvalue weighted by molar-refractivity contribution is 7.17. The van der Waals surface area contributed by atoms with Crippen molar-refractivity contribution in [1.82, 2.24) is 9.97 Å². The van der Waals surface area contributed by atoms with E-state index in [1.54, 1.807) is 32.9 Å². The molecule has 0 fully saturated rings. The molecule has 0 saturated heterocycles. The zero-order valence-electron chi connectivity index (χ0n) is 19.8. The Morgan fingerprint density at radius 3 is 2.44 bits per heavy atom. The van der Waals surface area contributed by atoms with Gasteiger partial charge in [-0.05, 0) is 26.3 Å². The number of hydrogen-bond acceptors (Lipinski definition) is 9. The summed E-state index contributed by atoms with van der Waals surface area (Å²) in [6.45, 7) is 8.69. The van der Waals surface area contributed by atoms with Crippen molar-refractivity contribution >= 4 is 51.5 Å². The summed E-state index contributed by atoms with van der Waals surface area (Å²) in [7, 11) is 0. The number of carbonyl (C=O) groups is 3. The number of anilines is 1. The van der Waals surface area contributed by atoms with Crippen molar-refractivity contribution in [1.29, 1.82) is 0 Å². The minimum Gasteiger partial charge on any atom is -0.503 e. The fourth-order valence-electron chi connectivity index (χ4n) is 3.76. The van der Waals surface area contributed by atoms with Crippen molar-refractivity contribution in [2.45, 2.75) is 26.8 Å². The molecule has 2 aromatic heterocycles. The van der Waals surface area contributed by atoms with Crippen LogP contribution < -0.4 is 4.90 Å². The Bertz CT molecular complexity index is 1420. The van der Waals surface area contributed by atoms with E-state index in [1.165, 1.54) is 22.3 Å². The summed E-state index contributed by atoms with van der Waals surface area (Å²) in [5.41, 5.74) is 1.67. The maximum absolute atomic E-state index is 13.6. The second kappa shape index (κ2) is 10.4. The van der Waals surface area contributed by atoms with Gasteiger partial charge < -0.3 is 9.84 Å². The number of nitrogens with zero attached hydrogens (tertiary/aromatic N) is 3. The topological polar surface area (TPSA) is 110 Å². The van der Waals surface area contributed by atoms with Gasteiger partial charge in [0.25, 0.3) is 5.91 Å². The molecule has 0 bridgehead atoms. The molecule has 0 saturated carbocycles. The van der Waals surface area contributed by atoms with Crippen molar-refractivity contribution in [2.24, 2.45) is 0 Å². The molecule has 1 amide bonds. The molecule has 1 atom stereocenters. The van der Waals surface area contributed by atoms with Crippen LogP contribution in [0.15, 0.2) is 60.4 Å². The highest BCUT2D eigenvalue weighted by atomic mass is 32.1. The van der Waals surface area contributed by atoms with Crippen LogP contribution in [0.3, 0.4) is 0 Å². The van der Waals surface area contributed by atoms with E-state index in [4.69, 9.17) is 4.74 Å². The number of ether oxygens (including phenoxy) is 1. The number of carbonyl (C=O) groups excluding carboxylic acids is 3. The number of Topliss-reactive ketones (excluding diaryl/α,β-unsaturated/α-hetero) is 1. The van der Waals surface area contributed by atoms with Gasteiger partial charge in [0, 0.05) is 0 Å². The van der Waals surface area contributed by atoms with Crippen LogP contribution in [0.5, 0.6) is 0 Å². The molecule has 1 aliphatic rings. The zero-order chi connectivity index (χ0) is 26.0. The Hall–Kier alpha value is -3.89. The summed E-state index contributed by atoms with van der Waals surface area (Å²) >= 11 is 2.16. The van der Waals surface area contributed by atoms with Crippen LogP contribution in [-0.2, 0) is 9.53 Å². The first-order valence-corrected chi connectivity index (χ1v) is 12.6. The predicted octanol–water partition coefficient (Wildman–Crippen LogP) is 4.99. The Balaban J connectivity index is 1.79. The van der Waals surface area contributed by atoms with E-state index in [1.807, 2.05) is 30.3 Å². The molecule has 8 nitrogen and oxygen atoms in total. The fraction of sp³-hybridized carbons (Fsp3) is 0.192. The maximum atomic E-state index is 13.6. The summed E-state index contributed by atoms with van der Waals surface area (Å²) < 4.78 is 5.12. The van der Waals surface area contributed by atoms with Crippen LogP contribution in [0, 0.1) is 20.8 Å². The Morgan fingerprint density at radius 1 is 1.11 bits per heavy atom. The predicted molar refractivity (Wildman–Crippen MR) is 140 cm³/mol. The number of aryl methyl sites for hydroxylation is 3. The third kappa shape index (κ3) is 4.77. The van der Waals surface area contributed by atoms with Gasteiger partial charge >= 0.3 is 5.97 Å². The molecule has 1 unspecified atom stereocenters. The minimum absolute atomic E-state index is 0.0329. The lowest BCUT2D eigenvalue weighted by Gasteiger charge is -2.21. The SMILES string of the molecule is C=CCOC(=O)c1sc(N2C(=O)C(O)=C(C(=O)c3sc(C)nc3C)C2C=Cc2ccccc2)nc1C. The quantitative estimate of drug-likeness (QED) is 0.253. The van der Waals surface area contributed by atoms with E-state index in [-0.39, 0.29) is 22.2 Å². The molecule has 0 radical (unpaired) electrons. The van der Waals surface area contributed by atoms with E-state index in [0.717, 1.165) is 16.9 Å². The molecule has 10 heteroatoms. The van der Waals surface area contributed by atoms with E-state index >= 15 is 0 Å². The van der Waals surface area contributed by atoms with Gasteiger partial charge in [-0.15, -0.1) is 11.3 Å². The highest BCUT2D eigenvalue weighted by Crippen LogP contribution is 2.38. The van der Waals surface area contributed by atoms with Crippen molar-refractivity contribution in [3.8, 4) is 0 Å². The Morgan fingerprint density at radius 2 is 1.81 bits per heavy atom. The van der Waals surface area contributed by atoms with Gasteiger partial charge in [0.05, 0.1) is 32.9 Å². The van der Waals surface area contributed by atoms with Crippen molar-refractivity contribution in [2.75, 3.05) is 11.5 Å². The summed E-state index contributed by atoms with van der Waals surface area (Å²) in [6.07, 6.45) is 4.88.